The van der Waals surface area contributed by atoms with E-state index in [9.17, 15) is 0 Å². The van der Waals surface area contributed by atoms with E-state index in [4.69, 9.17) is 4.74 Å². The van der Waals surface area contributed by atoms with Crippen molar-refractivity contribution < 1.29 is 4.74 Å². The van der Waals surface area contributed by atoms with Crippen molar-refractivity contribution in [1.29, 1.82) is 0 Å². The molecular weight excluding hydrogens is 240 g/mol. The molecular formula is C14H24N4O. The van der Waals surface area contributed by atoms with Gasteiger partial charge in [0.25, 0.3) is 0 Å². The summed E-state index contributed by atoms with van der Waals surface area (Å²) in [6.07, 6.45) is 2.65. The largest absolute Gasteiger partial charge is 0.478 e. The van der Waals surface area contributed by atoms with E-state index >= 15 is 0 Å². The number of hydrogen-bond acceptors (Lipinski definition) is 5. The van der Waals surface area contributed by atoms with E-state index < -0.39 is 0 Å². The molecule has 1 atom stereocenters. The van der Waals surface area contributed by atoms with E-state index in [1.165, 1.54) is 25.9 Å². The summed E-state index contributed by atoms with van der Waals surface area (Å²) in [5.74, 6) is 2.23. The van der Waals surface area contributed by atoms with Crippen molar-refractivity contribution in [2.24, 2.45) is 0 Å². The number of nitrogens with zero attached hydrogens (tertiary/aromatic N) is 3. The number of ether oxygens (including phenoxy) is 1. The topological polar surface area (TPSA) is 50.3 Å². The summed E-state index contributed by atoms with van der Waals surface area (Å²) in [6, 6.07) is 2.25. The van der Waals surface area contributed by atoms with Gasteiger partial charge in [-0.15, -0.1) is 0 Å². The van der Waals surface area contributed by atoms with Gasteiger partial charge in [-0.2, -0.15) is 4.98 Å². The molecule has 5 nitrogen and oxygen atoms in total. The van der Waals surface area contributed by atoms with Gasteiger partial charge in [-0.1, -0.05) is 0 Å². The Morgan fingerprint density at radius 1 is 1.37 bits per heavy atom. The van der Waals surface area contributed by atoms with Crippen LogP contribution in [0.2, 0.25) is 0 Å². The highest BCUT2D eigenvalue weighted by atomic mass is 16.5. The van der Waals surface area contributed by atoms with Crippen molar-refractivity contribution >= 4 is 5.82 Å². The van der Waals surface area contributed by atoms with Crippen molar-refractivity contribution in [3.8, 4) is 5.88 Å². The minimum Gasteiger partial charge on any atom is -0.478 e. The summed E-state index contributed by atoms with van der Waals surface area (Å²) in [5, 5.41) is 3.44. The number of aromatic nitrogens is 2. The third-order valence-corrected chi connectivity index (χ3v) is 3.23. The van der Waals surface area contributed by atoms with Crippen LogP contribution >= 0.6 is 0 Å². The highest BCUT2D eigenvalue weighted by molar-refractivity contribution is 5.39. The van der Waals surface area contributed by atoms with Crippen LogP contribution in [0, 0.1) is 6.92 Å². The Morgan fingerprint density at radius 2 is 2.11 bits per heavy atom. The molecule has 1 unspecified atom stereocenters. The zero-order valence-electron chi connectivity index (χ0n) is 12.1. The van der Waals surface area contributed by atoms with Crippen LogP contribution in [0.1, 0.15) is 32.5 Å². The predicted molar refractivity (Wildman–Crippen MR) is 76.7 cm³/mol. The summed E-state index contributed by atoms with van der Waals surface area (Å²) in [7, 11) is 0. The van der Waals surface area contributed by atoms with Crippen LogP contribution in [0.5, 0.6) is 5.88 Å². The lowest BCUT2D eigenvalue weighted by Crippen LogP contribution is -2.33. The van der Waals surface area contributed by atoms with Crippen molar-refractivity contribution in [1.82, 2.24) is 14.9 Å². The standard InChI is InChI=1S/C14H24N4O/c1-4-19-14-9-13(16-12(3)17-14)15-11(2)10-18-7-5-6-8-18/h9,11H,4-8,10H2,1-3H3,(H,15,16,17). The van der Waals surface area contributed by atoms with Gasteiger partial charge in [-0.25, -0.2) is 4.98 Å². The van der Waals surface area contributed by atoms with Gasteiger partial charge in [-0.3, -0.25) is 0 Å². The number of nitrogens with one attached hydrogen (secondary N) is 1. The second kappa shape index (κ2) is 6.70. The molecule has 0 bridgehead atoms. The number of likely N-dealkylation sites (tertiary alicyclic amines) is 1. The van der Waals surface area contributed by atoms with Crippen LogP contribution in [0.4, 0.5) is 5.82 Å². The normalized spacial score (nSPS) is 17.4. The van der Waals surface area contributed by atoms with Gasteiger partial charge in [0.1, 0.15) is 11.6 Å². The number of aryl methyl sites for hydroxylation is 1. The first-order chi connectivity index (χ1) is 9.17. The number of anilines is 1. The van der Waals surface area contributed by atoms with E-state index in [-0.39, 0.29) is 0 Å². The van der Waals surface area contributed by atoms with Crippen LogP contribution < -0.4 is 10.1 Å². The average molecular weight is 264 g/mol. The van der Waals surface area contributed by atoms with Crippen molar-refractivity contribution in [3.05, 3.63) is 11.9 Å². The lowest BCUT2D eigenvalue weighted by Gasteiger charge is -2.21. The van der Waals surface area contributed by atoms with Crippen molar-refractivity contribution in [3.63, 3.8) is 0 Å². The SMILES string of the molecule is CCOc1cc(NC(C)CN2CCCC2)nc(C)n1. The second-order valence-corrected chi connectivity index (χ2v) is 5.12. The molecule has 1 saturated heterocycles. The monoisotopic (exact) mass is 264 g/mol. The molecule has 106 valence electrons. The number of rotatable bonds is 6. The third kappa shape index (κ3) is 4.35. The molecule has 1 N–H and O–H groups in total. The zero-order chi connectivity index (χ0) is 13.7. The summed E-state index contributed by atoms with van der Waals surface area (Å²) >= 11 is 0. The molecule has 0 radical (unpaired) electrons. The third-order valence-electron chi connectivity index (χ3n) is 3.23. The Hall–Kier alpha value is -1.36. The summed E-state index contributed by atoms with van der Waals surface area (Å²) in [4.78, 5) is 11.2. The zero-order valence-corrected chi connectivity index (χ0v) is 12.1. The van der Waals surface area contributed by atoms with Crippen molar-refractivity contribution in [2.75, 3.05) is 31.6 Å². The summed E-state index contributed by atoms with van der Waals surface area (Å²) in [5.41, 5.74) is 0. The molecule has 1 aromatic rings. The smallest absolute Gasteiger partial charge is 0.218 e. The van der Waals surface area contributed by atoms with E-state index in [0.717, 1.165) is 18.2 Å². The summed E-state index contributed by atoms with van der Waals surface area (Å²) < 4.78 is 5.44. The Labute approximate surface area is 115 Å². The fraction of sp³-hybridized carbons (Fsp3) is 0.714. The molecule has 1 aliphatic heterocycles. The molecule has 0 amide bonds. The van der Waals surface area contributed by atoms with E-state index in [2.05, 4.69) is 27.1 Å². The molecule has 1 aromatic heterocycles. The molecule has 2 rings (SSSR count). The van der Waals surface area contributed by atoms with E-state index in [1.807, 2.05) is 19.9 Å². The molecule has 0 aliphatic carbocycles. The highest BCUT2D eigenvalue weighted by Crippen LogP contribution is 2.15. The van der Waals surface area contributed by atoms with Gasteiger partial charge >= 0.3 is 0 Å². The molecule has 0 saturated carbocycles. The predicted octanol–water partition coefficient (Wildman–Crippen LogP) is 2.08. The van der Waals surface area contributed by atoms with Gasteiger partial charge in [0.15, 0.2) is 0 Å². The first-order valence-corrected chi connectivity index (χ1v) is 7.14. The second-order valence-electron chi connectivity index (χ2n) is 5.12. The van der Waals surface area contributed by atoms with Gasteiger partial charge < -0.3 is 15.0 Å². The molecule has 5 heteroatoms. The maximum atomic E-state index is 5.44. The van der Waals surface area contributed by atoms with Crippen LogP contribution in [0.25, 0.3) is 0 Å². The van der Waals surface area contributed by atoms with Crippen LogP contribution in [-0.2, 0) is 0 Å². The fourth-order valence-corrected chi connectivity index (χ4v) is 2.49. The van der Waals surface area contributed by atoms with E-state index in [0.29, 0.717) is 18.5 Å². The average Bonchev–Trinajstić information content (AvgIpc) is 2.81. The Kier molecular flexibility index (Phi) is 4.96. The molecule has 0 spiro atoms. The van der Waals surface area contributed by atoms with Crippen LogP contribution in [0.3, 0.4) is 0 Å². The molecule has 0 aromatic carbocycles. The maximum Gasteiger partial charge on any atom is 0.218 e. The maximum absolute atomic E-state index is 5.44. The Morgan fingerprint density at radius 3 is 2.79 bits per heavy atom. The minimum absolute atomic E-state index is 0.377. The first-order valence-electron chi connectivity index (χ1n) is 7.14. The van der Waals surface area contributed by atoms with Crippen molar-refractivity contribution in [2.45, 2.75) is 39.7 Å². The lowest BCUT2D eigenvalue weighted by atomic mass is 10.3. The minimum atomic E-state index is 0.377. The van der Waals surface area contributed by atoms with Gasteiger partial charge in [-0.05, 0) is 46.7 Å². The lowest BCUT2D eigenvalue weighted by molar-refractivity contribution is 0.323. The van der Waals surface area contributed by atoms with Crippen LogP contribution in [0.15, 0.2) is 6.07 Å². The van der Waals surface area contributed by atoms with Gasteiger partial charge in [0, 0.05) is 18.7 Å². The summed E-state index contributed by atoms with van der Waals surface area (Å²) in [6.45, 7) is 10.2. The molecule has 19 heavy (non-hydrogen) atoms. The van der Waals surface area contributed by atoms with Crippen LogP contribution in [-0.4, -0.2) is 47.2 Å². The molecule has 1 aliphatic rings. The number of hydrogen-bond donors (Lipinski definition) is 1. The first kappa shape index (κ1) is 14.1. The Bertz CT molecular complexity index is 404. The highest BCUT2D eigenvalue weighted by Gasteiger charge is 2.15. The van der Waals surface area contributed by atoms with Gasteiger partial charge in [0.2, 0.25) is 5.88 Å². The quantitative estimate of drug-likeness (QED) is 0.852. The van der Waals surface area contributed by atoms with E-state index in [1.54, 1.807) is 0 Å². The molecule has 1 fully saturated rings. The van der Waals surface area contributed by atoms with Gasteiger partial charge in [0.05, 0.1) is 6.61 Å². The fourth-order valence-electron chi connectivity index (χ4n) is 2.49. The molecule has 2 heterocycles. The Balaban J connectivity index is 1.93.